The summed E-state index contributed by atoms with van der Waals surface area (Å²) in [6, 6.07) is 9.26. The van der Waals surface area contributed by atoms with Crippen LogP contribution in [0.15, 0.2) is 42.6 Å². The van der Waals surface area contributed by atoms with Crippen molar-refractivity contribution >= 4 is 23.5 Å². The quantitative estimate of drug-likeness (QED) is 0.690. The molecule has 3 aromatic rings. The molecule has 4 nitrogen and oxygen atoms in total. The van der Waals surface area contributed by atoms with Crippen molar-refractivity contribution < 1.29 is 13.9 Å². The van der Waals surface area contributed by atoms with Gasteiger partial charge >= 0.3 is 0 Å². The zero-order valence-electron chi connectivity index (χ0n) is 10.1. The van der Waals surface area contributed by atoms with Gasteiger partial charge < -0.3 is 4.74 Å². The molecule has 0 aliphatic heterocycles. The number of pyridine rings is 1. The number of ether oxygens (including phenoxy) is 1. The van der Waals surface area contributed by atoms with E-state index in [1.165, 1.54) is 18.2 Å². The van der Waals surface area contributed by atoms with Gasteiger partial charge in [0.15, 0.2) is 12.0 Å². The molecule has 6 heteroatoms. The molecule has 20 heavy (non-hydrogen) atoms. The van der Waals surface area contributed by atoms with E-state index in [0.717, 1.165) is 0 Å². The second-order valence-corrected chi connectivity index (χ2v) is 4.43. The van der Waals surface area contributed by atoms with Crippen LogP contribution >= 0.6 is 11.6 Å². The van der Waals surface area contributed by atoms with Crippen molar-refractivity contribution in [3.8, 4) is 11.6 Å². The van der Waals surface area contributed by atoms with E-state index in [1.807, 2.05) is 0 Å². The summed E-state index contributed by atoms with van der Waals surface area (Å²) < 4.78 is 20.2. The SMILES string of the molecule is O=Cc1c(Oc2ccc(F)c(Cl)c2)nc2ccccn12. The molecule has 3 rings (SSSR count). The highest BCUT2D eigenvalue weighted by Crippen LogP contribution is 2.27. The first-order chi connectivity index (χ1) is 9.69. The van der Waals surface area contributed by atoms with Crippen LogP contribution in [0.2, 0.25) is 5.02 Å². The Labute approximate surface area is 118 Å². The average molecular weight is 291 g/mol. The minimum Gasteiger partial charge on any atom is -0.437 e. The molecule has 0 bridgehead atoms. The summed E-state index contributed by atoms with van der Waals surface area (Å²) in [4.78, 5) is 15.4. The highest BCUT2D eigenvalue weighted by Gasteiger charge is 2.13. The van der Waals surface area contributed by atoms with Crippen LogP contribution in [0.3, 0.4) is 0 Å². The van der Waals surface area contributed by atoms with Crippen LogP contribution in [0.4, 0.5) is 4.39 Å². The first kappa shape index (κ1) is 12.6. The summed E-state index contributed by atoms with van der Waals surface area (Å²) in [5, 5.41) is -0.0566. The third-order valence-electron chi connectivity index (χ3n) is 2.75. The normalized spacial score (nSPS) is 10.7. The molecule has 0 amide bonds. The molecule has 0 atom stereocenters. The van der Waals surface area contributed by atoms with Gasteiger partial charge in [-0.2, -0.15) is 4.98 Å². The van der Waals surface area contributed by atoms with Gasteiger partial charge in [-0.3, -0.25) is 9.20 Å². The molecule has 0 N–H and O–H groups in total. The highest BCUT2D eigenvalue weighted by atomic mass is 35.5. The number of carbonyl (C=O) groups is 1. The summed E-state index contributed by atoms with van der Waals surface area (Å²) in [7, 11) is 0. The Morgan fingerprint density at radius 1 is 1.30 bits per heavy atom. The van der Waals surface area contributed by atoms with Gasteiger partial charge in [-0.25, -0.2) is 4.39 Å². The van der Waals surface area contributed by atoms with Crippen molar-refractivity contribution in [2.24, 2.45) is 0 Å². The Hall–Kier alpha value is -2.40. The van der Waals surface area contributed by atoms with Gasteiger partial charge in [0.1, 0.15) is 17.2 Å². The maximum Gasteiger partial charge on any atom is 0.249 e. The summed E-state index contributed by atoms with van der Waals surface area (Å²) in [6.07, 6.45) is 2.36. The zero-order valence-corrected chi connectivity index (χ0v) is 10.8. The van der Waals surface area contributed by atoms with Gasteiger partial charge in [0.05, 0.1) is 5.02 Å². The van der Waals surface area contributed by atoms with E-state index in [0.29, 0.717) is 17.7 Å². The van der Waals surface area contributed by atoms with Gasteiger partial charge in [0.25, 0.3) is 0 Å². The van der Waals surface area contributed by atoms with Crippen molar-refractivity contribution in [3.63, 3.8) is 0 Å². The minimum atomic E-state index is -0.537. The van der Waals surface area contributed by atoms with Gasteiger partial charge in [0, 0.05) is 12.3 Å². The summed E-state index contributed by atoms with van der Waals surface area (Å²) >= 11 is 5.68. The number of imidazole rings is 1. The highest BCUT2D eigenvalue weighted by molar-refractivity contribution is 6.30. The number of hydrogen-bond acceptors (Lipinski definition) is 3. The molecule has 0 saturated heterocycles. The molecule has 0 spiro atoms. The van der Waals surface area contributed by atoms with E-state index in [2.05, 4.69) is 4.98 Å². The standard InChI is InChI=1S/C14H8ClFN2O2/c15-10-7-9(4-5-11(10)16)20-14-12(8-19)18-6-2-1-3-13(18)17-14/h1-8H. The van der Waals surface area contributed by atoms with Crippen molar-refractivity contribution in [1.29, 1.82) is 0 Å². The predicted molar refractivity (Wildman–Crippen MR) is 72.1 cm³/mol. The number of halogens is 2. The molecule has 2 heterocycles. The molecule has 0 aliphatic rings. The van der Waals surface area contributed by atoms with Crippen LogP contribution in [0.25, 0.3) is 5.65 Å². The van der Waals surface area contributed by atoms with Crippen molar-refractivity contribution in [2.75, 3.05) is 0 Å². The van der Waals surface area contributed by atoms with Crippen LogP contribution in [0.1, 0.15) is 10.5 Å². The monoisotopic (exact) mass is 290 g/mol. The fraction of sp³-hybridized carbons (Fsp3) is 0. The van der Waals surface area contributed by atoms with E-state index in [-0.39, 0.29) is 16.6 Å². The topological polar surface area (TPSA) is 43.6 Å². The predicted octanol–water partition coefficient (Wildman–Crippen LogP) is 3.73. The van der Waals surface area contributed by atoms with E-state index >= 15 is 0 Å². The fourth-order valence-corrected chi connectivity index (χ4v) is 2.00. The van der Waals surface area contributed by atoms with Crippen LogP contribution in [0.5, 0.6) is 11.6 Å². The Balaban J connectivity index is 2.05. The Morgan fingerprint density at radius 2 is 2.15 bits per heavy atom. The second-order valence-electron chi connectivity index (χ2n) is 4.03. The summed E-state index contributed by atoms with van der Waals surface area (Å²) in [5.74, 6) is -0.0820. The maximum absolute atomic E-state index is 13.1. The van der Waals surface area contributed by atoms with Gasteiger partial charge in [0.2, 0.25) is 5.88 Å². The number of benzene rings is 1. The number of nitrogens with zero attached hydrogens (tertiary/aromatic N) is 2. The Kier molecular flexibility index (Phi) is 3.12. The Morgan fingerprint density at radius 3 is 2.90 bits per heavy atom. The molecule has 100 valence electrons. The maximum atomic E-state index is 13.1. The number of fused-ring (bicyclic) bond motifs is 1. The molecule has 0 saturated carbocycles. The lowest BCUT2D eigenvalue weighted by molar-refractivity contribution is 0.111. The third-order valence-corrected chi connectivity index (χ3v) is 3.04. The summed E-state index contributed by atoms with van der Waals surface area (Å²) in [5.41, 5.74) is 0.860. The third kappa shape index (κ3) is 2.12. The minimum absolute atomic E-state index is 0.0566. The Bertz CT molecular complexity index is 801. The smallest absolute Gasteiger partial charge is 0.249 e. The number of hydrogen-bond donors (Lipinski definition) is 0. The number of carbonyl (C=O) groups excluding carboxylic acids is 1. The molecule has 0 fully saturated rings. The van der Waals surface area contributed by atoms with Crippen molar-refractivity contribution in [1.82, 2.24) is 9.38 Å². The van der Waals surface area contributed by atoms with Crippen LogP contribution < -0.4 is 4.74 Å². The molecule has 0 radical (unpaired) electrons. The lowest BCUT2D eigenvalue weighted by Gasteiger charge is -2.03. The van der Waals surface area contributed by atoms with Crippen LogP contribution in [-0.4, -0.2) is 15.7 Å². The van der Waals surface area contributed by atoms with Crippen LogP contribution in [-0.2, 0) is 0 Å². The molecule has 0 unspecified atom stereocenters. The van der Waals surface area contributed by atoms with Gasteiger partial charge in [-0.15, -0.1) is 0 Å². The zero-order chi connectivity index (χ0) is 14.1. The molecular weight excluding hydrogens is 283 g/mol. The largest absolute Gasteiger partial charge is 0.437 e. The molecule has 2 aromatic heterocycles. The molecular formula is C14H8ClFN2O2. The molecule has 1 aromatic carbocycles. The molecule has 0 aliphatic carbocycles. The van der Waals surface area contributed by atoms with Crippen LogP contribution in [0, 0.1) is 5.82 Å². The average Bonchev–Trinajstić information content (AvgIpc) is 2.80. The second kappa shape index (κ2) is 4.94. The van der Waals surface area contributed by atoms with Gasteiger partial charge in [-0.1, -0.05) is 17.7 Å². The van der Waals surface area contributed by atoms with Crippen molar-refractivity contribution in [3.05, 3.63) is 59.1 Å². The number of aldehydes is 1. The van der Waals surface area contributed by atoms with Crippen molar-refractivity contribution in [2.45, 2.75) is 0 Å². The number of rotatable bonds is 3. The van der Waals surface area contributed by atoms with E-state index in [1.54, 1.807) is 28.8 Å². The lowest BCUT2D eigenvalue weighted by atomic mass is 10.3. The van der Waals surface area contributed by atoms with E-state index < -0.39 is 5.82 Å². The van der Waals surface area contributed by atoms with E-state index in [9.17, 15) is 9.18 Å². The number of aromatic nitrogens is 2. The first-order valence-electron chi connectivity index (χ1n) is 5.74. The first-order valence-corrected chi connectivity index (χ1v) is 6.12. The fourth-order valence-electron chi connectivity index (χ4n) is 1.83. The van der Waals surface area contributed by atoms with Gasteiger partial charge in [-0.05, 0) is 24.3 Å². The van der Waals surface area contributed by atoms with E-state index in [4.69, 9.17) is 16.3 Å². The lowest BCUT2D eigenvalue weighted by Crippen LogP contribution is -1.93. The summed E-state index contributed by atoms with van der Waals surface area (Å²) in [6.45, 7) is 0.